The summed E-state index contributed by atoms with van der Waals surface area (Å²) in [4.78, 5) is 17.2. The summed E-state index contributed by atoms with van der Waals surface area (Å²) in [6.45, 7) is 6.12. The molecular formula is C16H23ClN2OS. The first-order valence-electron chi connectivity index (χ1n) is 7.28. The van der Waals surface area contributed by atoms with Crippen molar-refractivity contribution in [1.82, 2.24) is 5.32 Å². The van der Waals surface area contributed by atoms with Gasteiger partial charge in [0.1, 0.15) is 0 Å². The molecule has 1 N–H and O–H groups in total. The number of nitrogens with one attached hydrogen (secondary N) is 1. The summed E-state index contributed by atoms with van der Waals surface area (Å²) in [6, 6.07) is 0. The van der Waals surface area contributed by atoms with Gasteiger partial charge in [0, 0.05) is 17.5 Å². The SMILES string of the molecule is CC(C)(C)NC(=O)C1CSC23CC=CC=C2N=CCC13.Cl. The third kappa shape index (κ3) is 2.93. The lowest BCUT2D eigenvalue weighted by molar-refractivity contribution is -0.127. The van der Waals surface area contributed by atoms with Gasteiger partial charge in [0.2, 0.25) is 5.91 Å². The van der Waals surface area contributed by atoms with Gasteiger partial charge in [0.25, 0.3) is 0 Å². The predicted molar refractivity (Wildman–Crippen MR) is 92.3 cm³/mol. The van der Waals surface area contributed by atoms with Gasteiger partial charge in [-0.15, -0.1) is 24.2 Å². The summed E-state index contributed by atoms with van der Waals surface area (Å²) in [5.41, 5.74) is 0.998. The highest BCUT2D eigenvalue weighted by Crippen LogP contribution is 2.57. The summed E-state index contributed by atoms with van der Waals surface area (Å²) in [7, 11) is 0. The fourth-order valence-corrected chi connectivity index (χ4v) is 5.22. The number of nitrogens with zero attached hydrogens (tertiary/aromatic N) is 1. The van der Waals surface area contributed by atoms with E-state index in [0.29, 0.717) is 5.92 Å². The maximum atomic E-state index is 12.6. The van der Waals surface area contributed by atoms with Crippen LogP contribution in [-0.4, -0.2) is 28.2 Å². The molecule has 0 aromatic heterocycles. The molecule has 1 saturated heterocycles. The highest BCUT2D eigenvalue weighted by molar-refractivity contribution is 8.01. The Balaban J connectivity index is 0.00000161. The van der Waals surface area contributed by atoms with Gasteiger partial charge in [0.05, 0.1) is 16.4 Å². The number of amides is 1. The Morgan fingerprint density at radius 1 is 1.48 bits per heavy atom. The van der Waals surface area contributed by atoms with E-state index in [-0.39, 0.29) is 34.5 Å². The second-order valence-corrected chi connectivity index (χ2v) is 8.23. The molecular weight excluding hydrogens is 304 g/mol. The van der Waals surface area contributed by atoms with Gasteiger partial charge in [-0.25, -0.2) is 0 Å². The quantitative estimate of drug-likeness (QED) is 0.802. The highest BCUT2D eigenvalue weighted by Gasteiger charge is 2.54. The molecule has 3 unspecified atom stereocenters. The van der Waals surface area contributed by atoms with E-state index in [9.17, 15) is 4.79 Å². The molecule has 0 saturated carbocycles. The molecule has 1 amide bonds. The van der Waals surface area contributed by atoms with Crippen molar-refractivity contribution in [3.63, 3.8) is 0 Å². The number of allylic oxidation sites excluding steroid dienone is 3. The van der Waals surface area contributed by atoms with Gasteiger partial charge in [0.15, 0.2) is 0 Å². The number of aliphatic imine (C=N–C) groups is 1. The van der Waals surface area contributed by atoms with Crippen LogP contribution < -0.4 is 5.32 Å². The third-order valence-electron chi connectivity index (χ3n) is 4.27. The van der Waals surface area contributed by atoms with Gasteiger partial charge < -0.3 is 5.32 Å². The molecule has 3 atom stereocenters. The normalized spacial score (nSPS) is 33.6. The van der Waals surface area contributed by atoms with E-state index < -0.39 is 0 Å². The molecule has 3 rings (SSSR count). The second kappa shape index (κ2) is 5.81. The number of hydrogen-bond donors (Lipinski definition) is 1. The number of rotatable bonds is 1. The van der Waals surface area contributed by atoms with E-state index in [2.05, 4.69) is 28.5 Å². The van der Waals surface area contributed by atoms with Crippen molar-refractivity contribution in [1.29, 1.82) is 0 Å². The summed E-state index contributed by atoms with van der Waals surface area (Å²) >= 11 is 1.93. The molecule has 116 valence electrons. The van der Waals surface area contributed by atoms with E-state index in [1.54, 1.807) is 0 Å². The Morgan fingerprint density at radius 2 is 2.24 bits per heavy atom. The predicted octanol–water partition coefficient (Wildman–Crippen LogP) is 3.36. The molecule has 0 bridgehead atoms. The lowest BCUT2D eigenvalue weighted by atomic mass is 9.73. The minimum absolute atomic E-state index is 0. The molecule has 3 aliphatic rings. The molecule has 3 nitrogen and oxygen atoms in total. The second-order valence-electron chi connectivity index (χ2n) is 6.88. The molecule has 21 heavy (non-hydrogen) atoms. The zero-order valence-electron chi connectivity index (χ0n) is 12.8. The van der Waals surface area contributed by atoms with E-state index in [4.69, 9.17) is 0 Å². The van der Waals surface area contributed by atoms with E-state index in [1.807, 2.05) is 38.7 Å². The lowest BCUT2D eigenvalue weighted by Crippen LogP contribution is -2.48. The van der Waals surface area contributed by atoms with Crippen molar-refractivity contribution in [3.8, 4) is 0 Å². The standard InChI is InChI=1S/C16H22N2OS.ClH/c1-15(2,3)18-14(19)11-10-20-16-8-5-4-6-13(16)17-9-7-12(11)16;/h4-6,9,11-12H,7-8,10H2,1-3H3,(H,18,19);1H. The first-order chi connectivity index (χ1) is 9.42. The van der Waals surface area contributed by atoms with Crippen LogP contribution in [0, 0.1) is 11.8 Å². The van der Waals surface area contributed by atoms with Crippen LogP contribution in [0.25, 0.3) is 0 Å². The molecule has 2 aliphatic heterocycles. The van der Waals surface area contributed by atoms with Crippen LogP contribution in [0.2, 0.25) is 0 Å². The highest BCUT2D eigenvalue weighted by atomic mass is 35.5. The van der Waals surface area contributed by atoms with Crippen molar-refractivity contribution in [2.75, 3.05) is 5.75 Å². The summed E-state index contributed by atoms with van der Waals surface area (Å²) in [5.74, 6) is 1.58. The fourth-order valence-electron chi connectivity index (χ4n) is 3.40. The van der Waals surface area contributed by atoms with Crippen LogP contribution in [0.3, 0.4) is 0 Å². The molecule has 1 fully saturated rings. The Labute approximate surface area is 137 Å². The van der Waals surface area contributed by atoms with Crippen LogP contribution in [-0.2, 0) is 4.79 Å². The zero-order chi connectivity index (χ0) is 14.4. The number of thioether (sulfide) groups is 1. The average Bonchev–Trinajstić information content (AvgIpc) is 2.74. The Kier molecular flexibility index (Phi) is 4.60. The molecule has 0 aromatic rings. The van der Waals surface area contributed by atoms with Crippen molar-refractivity contribution in [2.45, 2.75) is 43.9 Å². The lowest BCUT2D eigenvalue weighted by Gasteiger charge is -2.39. The smallest absolute Gasteiger partial charge is 0.224 e. The third-order valence-corrected chi connectivity index (χ3v) is 5.99. The summed E-state index contributed by atoms with van der Waals surface area (Å²) in [6.07, 6.45) is 10.3. The molecule has 0 radical (unpaired) electrons. The van der Waals surface area contributed by atoms with Gasteiger partial charge in [-0.3, -0.25) is 9.79 Å². The number of carbonyl (C=O) groups is 1. The van der Waals surface area contributed by atoms with E-state index in [1.165, 1.54) is 0 Å². The Bertz CT molecular complexity index is 521. The van der Waals surface area contributed by atoms with Crippen LogP contribution >= 0.6 is 24.2 Å². The Morgan fingerprint density at radius 3 is 2.95 bits per heavy atom. The van der Waals surface area contributed by atoms with E-state index >= 15 is 0 Å². The van der Waals surface area contributed by atoms with Gasteiger partial charge >= 0.3 is 0 Å². The van der Waals surface area contributed by atoms with Crippen LogP contribution in [0.1, 0.15) is 33.6 Å². The maximum Gasteiger partial charge on any atom is 0.224 e. The zero-order valence-corrected chi connectivity index (χ0v) is 14.4. The first-order valence-corrected chi connectivity index (χ1v) is 8.27. The molecule has 1 aliphatic carbocycles. The van der Waals surface area contributed by atoms with E-state index in [0.717, 1.165) is 24.3 Å². The monoisotopic (exact) mass is 326 g/mol. The molecule has 0 aromatic carbocycles. The molecule has 2 heterocycles. The van der Waals surface area contributed by atoms with Crippen LogP contribution in [0.5, 0.6) is 0 Å². The van der Waals surface area contributed by atoms with Crippen LogP contribution in [0.15, 0.2) is 28.9 Å². The number of halogens is 1. The molecule has 1 spiro atoms. The molecule has 5 heteroatoms. The summed E-state index contributed by atoms with van der Waals surface area (Å²) in [5, 5.41) is 3.15. The van der Waals surface area contributed by atoms with Gasteiger partial charge in [-0.2, -0.15) is 0 Å². The topological polar surface area (TPSA) is 41.5 Å². The van der Waals surface area contributed by atoms with Gasteiger partial charge in [-0.05, 0) is 45.6 Å². The van der Waals surface area contributed by atoms with Crippen molar-refractivity contribution in [3.05, 3.63) is 23.9 Å². The van der Waals surface area contributed by atoms with Crippen LogP contribution in [0.4, 0.5) is 0 Å². The maximum absolute atomic E-state index is 12.6. The van der Waals surface area contributed by atoms with Crippen molar-refractivity contribution < 1.29 is 4.79 Å². The largest absolute Gasteiger partial charge is 0.351 e. The number of hydrogen-bond acceptors (Lipinski definition) is 3. The average molecular weight is 327 g/mol. The van der Waals surface area contributed by atoms with Crippen molar-refractivity contribution in [2.24, 2.45) is 16.8 Å². The minimum atomic E-state index is -0.161. The van der Waals surface area contributed by atoms with Crippen molar-refractivity contribution >= 4 is 36.3 Å². The van der Waals surface area contributed by atoms with Gasteiger partial charge in [-0.1, -0.05) is 12.2 Å². The minimum Gasteiger partial charge on any atom is -0.351 e. The number of carbonyl (C=O) groups excluding carboxylic acids is 1. The Hall–Kier alpha value is -0.740. The summed E-state index contributed by atoms with van der Waals surface area (Å²) < 4.78 is 0.0450. The first kappa shape index (κ1) is 16.6. The fraction of sp³-hybridized carbons (Fsp3) is 0.625.